The Balaban J connectivity index is 0.974. The molecule has 4 aliphatic heterocycles. The Kier molecular flexibility index (Phi) is 15.2. The van der Waals surface area contributed by atoms with Crippen molar-refractivity contribution in [3.05, 3.63) is 143 Å². The lowest BCUT2D eigenvalue weighted by Gasteiger charge is -2.34. The molecule has 82 heavy (non-hydrogen) atoms. The number of carbonyl (C=O) groups is 3. The molecule has 4 aromatic carbocycles. The molecule has 2 unspecified atom stereocenters. The van der Waals surface area contributed by atoms with Crippen molar-refractivity contribution in [2.45, 2.75) is 91.0 Å². The first-order valence-electron chi connectivity index (χ1n) is 28.8. The molecule has 8 heterocycles. The van der Waals surface area contributed by atoms with Crippen molar-refractivity contribution in [1.82, 2.24) is 39.4 Å². The van der Waals surface area contributed by atoms with Crippen LogP contribution < -0.4 is 10.6 Å². The fraction of sp³-hybridized carbons (Fsp3) is 0.400. The van der Waals surface area contributed by atoms with Gasteiger partial charge in [-0.2, -0.15) is 0 Å². The van der Waals surface area contributed by atoms with Crippen LogP contribution in [-0.2, 0) is 40.4 Å². The molecule has 0 spiro atoms. The van der Waals surface area contributed by atoms with Gasteiger partial charge in [0.1, 0.15) is 22.7 Å². The SMILES string of the molecule is CC(C)(C)OC(=O)n1c(-c2ccc(-c3ccco3)c3c2C(C(=O)C2NCc4c(-c5ccco5)ccc(-c5cc6cc(CN7CCN(CCO)CC7)ccc6n5C(=O)OC(C)(C)C)c42)NC3)cc2cc(CN3CCN(CCO)CC3)ccc21. The molecule has 0 saturated carbocycles. The highest BCUT2D eigenvalue weighted by molar-refractivity contribution is 6.03. The Morgan fingerprint density at radius 2 is 0.915 bits per heavy atom. The summed E-state index contributed by atoms with van der Waals surface area (Å²) in [5.41, 5.74) is 9.44. The van der Waals surface area contributed by atoms with Gasteiger partial charge in [-0.15, -0.1) is 0 Å². The molecule has 0 amide bonds. The van der Waals surface area contributed by atoms with Gasteiger partial charge in [0.05, 0.1) is 60.2 Å². The Hall–Kier alpha value is -7.19. The largest absolute Gasteiger partial charge is 0.464 e. The molecule has 17 nitrogen and oxygen atoms in total. The Bertz CT molecular complexity index is 3420. The van der Waals surface area contributed by atoms with Crippen molar-refractivity contribution in [2.75, 3.05) is 78.7 Å². The number of nitrogens with zero attached hydrogens (tertiary/aromatic N) is 6. The smallest absolute Gasteiger partial charge is 0.419 e. The molecule has 4 aliphatic rings. The van der Waals surface area contributed by atoms with E-state index in [4.69, 9.17) is 18.3 Å². The summed E-state index contributed by atoms with van der Waals surface area (Å²) in [6, 6.07) is 30.3. The van der Waals surface area contributed by atoms with Gasteiger partial charge in [0.15, 0.2) is 5.78 Å². The summed E-state index contributed by atoms with van der Waals surface area (Å²) in [5.74, 6) is 1.16. The van der Waals surface area contributed by atoms with E-state index in [9.17, 15) is 19.8 Å². The quantitative estimate of drug-likeness (QED) is 0.0807. The van der Waals surface area contributed by atoms with Gasteiger partial charge in [0, 0.05) is 125 Å². The number of rotatable bonds is 14. The van der Waals surface area contributed by atoms with Crippen LogP contribution in [0.3, 0.4) is 0 Å². The number of carbonyl (C=O) groups excluding carboxylic acids is 3. The minimum atomic E-state index is -0.876. The van der Waals surface area contributed by atoms with Gasteiger partial charge in [-0.05, 0) is 136 Å². The molecule has 0 radical (unpaired) electrons. The van der Waals surface area contributed by atoms with Gasteiger partial charge >= 0.3 is 12.2 Å². The zero-order valence-corrected chi connectivity index (χ0v) is 47.8. The van der Waals surface area contributed by atoms with Gasteiger partial charge < -0.3 is 28.5 Å². The molecule has 0 bridgehead atoms. The third-order valence-electron chi connectivity index (χ3n) is 16.4. The number of piperazine rings is 2. The van der Waals surface area contributed by atoms with E-state index >= 15 is 4.79 Å². The zero-order chi connectivity index (χ0) is 57.0. The molecule has 2 saturated heterocycles. The highest BCUT2D eigenvalue weighted by Gasteiger charge is 2.43. The molecule has 4 N–H and O–H groups in total. The van der Waals surface area contributed by atoms with Crippen LogP contribution in [0, 0.1) is 0 Å². The molecular weight excluding hydrogens is 1040 g/mol. The molecular formula is C65H74N8O9. The molecule has 0 aliphatic carbocycles. The van der Waals surface area contributed by atoms with Crippen LogP contribution in [0.4, 0.5) is 9.59 Å². The number of ketones is 1. The Morgan fingerprint density at radius 3 is 1.28 bits per heavy atom. The maximum absolute atomic E-state index is 16.3. The predicted molar refractivity (Wildman–Crippen MR) is 315 cm³/mol. The summed E-state index contributed by atoms with van der Waals surface area (Å²) in [5, 5.41) is 28.1. The van der Waals surface area contributed by atoms with Crippen LogP contribution in [0.15, 0.2) is 118 Å². The van der Waals surface area contributed by atoms with E-state index in [2.05, 4.69) is 54.5 Å². The maximum atomic E-state index is 16.3. The van der Waals surface area contributed by atoms with E-state index in [1.165, 1.54) is 0 Å². The van der Waals surface area contributed by atoms with Crippen molar-refractivity contribution in [3.63, 3.8) is 0 Å². The number of benzene rings is 4. The van der Waals surface area contributed by atoms with Gasteiger partial charge in [-0.25, -0.2) is 18.7 Å². The van der Waals surface area contributed by atoms with E-state index < -0.39 is 35.5 Å². The topological polar surface area (TPSA) is 183 Å². The van der Waals surface area contributed by atoms with Gasteiger partial charge in [0.2, 0.25) is 0 Å². The number of hydrogen-bond acceptors (Lipinski definition) is 15. The van der Waals surface area contributed by atoms with E-state index in [0.29, 0.717) is 71.2 Å². The van der Waals surface area contributed by atoms with Crippen LogP contribution in [0.25, 0.3) is 67.0 Å². The maximum Gasteiger partial charge on any atom is 0.419 e. The normalized spacial score (nSPS) is 18.4. The number of aromatic nitrogens is 2. The molecule has 2 atom stereocenters. The first kappa shape index (κ1) is 55.3. The third-order valence-corrected chi connectivity index (χ3v) is 16.4. The number of β-amino-alcohol motifs (C(OH)–C–C–N with tert-alkyl or cyclic N) is 2. The Morgan fingerprint density at radius 1 is 0.524 bits per heavy atom. The first-order chi connectivity index (χ1) is 39.5. The van der Waals surface area contributed by atoms with Crippen LogP contribution >= 0.6 is 0 Å². The van der Waals surface area contributed by atoms with Gasteiger partial charge in [-0.3, -0.25) is 35.0 Å². The number of hydrogen-bond donors (Lipinski definition) is 4. The number of Topliss-reactive ketones (excluding diaryl/α,β-unsaturated/α-hetero) is 1. The van der Waals surface area contributed by atoms with Crippen molar-refractivity contribution >= 4 is 39.8 Å². The predicted octanol–water partition coefficient (Wildman–Crippen LogP) is 9.79. The summed E-state index contributed by atoms with van der Waals surface area (Å²) in [4.78, 5) is 55.1. The van der Waals surface area contributed by atoms with Crippen molar-refractivity contribution in [3.8, 4) is 45.2 Å². The number of nitrogens with one attached hydrogen (secondary N) is 2. The number of ether oxygens (including phenoxy) is 2. The lowest BCUT2D eigenvalue weighted by atomic mass is 9.85. The highest BCUT2D eigenvalue weighted by Crippen LogP contribution is 2.48. The number of aliphatic hydroxyl groups excluding tert-OH is 2. The van der Waals surface area contributed by atoms with Crippen molar-refractivity contribution < 1.29 is 42.9 Å². The molecule has 12 rings (SSSR count). The van der Waals surface area contributed by atoms with Crippen LogP contribution in [0.5, 0.6) is 0 Å². The molecule has 4 aromatic heterocycles. The van der Waals surface area contributed by atoms with Crippen molar-refractivity contribution in [1.29, 1.82) is 0 Å². The standard InChI is InChI=1S/C65H74N8O9/c1-64(2,3)81-62(77)72-51-17-11-41(39-70-23-19-68(20-24-70)27-29-74)33-43(51)35-53(72)47-15-13-45(55-9-7-31-79-55)49-37-66-59(57(47)49)61(76)60-58-48(16-14-46(50(58)38-67-60)56-10-8-32-80-56)54-36-44-34-42(40-71-25-21-69(22-26-71)28-30-75)12-18-52(44)73(54)63(78)82-65(4,5)6/h7-18,31-36,59-60,66-67,74-75H,19-30,37-40H2,1-6H3. The summed E-state index contributed by atoms with van der Waals surface area (Å²) in [6.45, 7) is 22.0. The second-order valence-electron chi connectivity index (χ2n) is 24.3. The monoisotopic (exact) mass is 1110 g/mol. The second kappa shape index (κ2) is 22.5. The van der Waals surface area contributed by atoms with Crippen LogP contribution in [0.1, 0.15) is 87.0 Å². The lowest BCUT2D eigenvalue weighted by molar-refractivity contribution is -0.123. The average molecular weight is 1110 g/mol. The van der Waals surface area contributed by atoms with Gasteiger partial charge in [0.25, 0.3) is 0 Å². The summed E-state index contributed by atoms with van der Waals surface area (Å²) < 4.78 is 27.8. The fourth-order valence-corrected chi connectivity index (χ4v) is 12.7. The first-order valence-corrected chi connectivity index (χ1v) is 28.8. The molecule has 8 aromatic rings. The average Bonchev–Trinajstić information content (AvgIpc) is 3.59. The van der Waals surface area contributed by atoms with Crippen LogP contribution in [0.2, 0.25) is 0 Å². The minimum absolute atomic E-state index is 0.143. The number of furan rings is 2. The highest BCUT2D eigenvalue weighted by atomic mass is 16.6. The zero-order valence-electron chi connectivity index (χ0n) is 47.8. The van der Waals surface area contributed by atoms with E-state index in [1.807, 2.05) is 114 Å². The Labute approximate surface area is 478 Å². The van der Waals surface area contributed by atoms with E-state index in [-0.39, 0.29) is 19.0 Å². The van der Waals surface area contributed by atoms with Gasteiger partial charge in [-0.1, -0.05) is 36.4 Å². The number of fused-ring (bicyclic) bond motifs is 4. The fourth-order valence-electron chi connectivity index (χ4n) is 12.7. The third kappa shape index (κ3) is 11.0. The van der Waals surface area contributed by atoms with E-state index in [1.54, 1.807) is 21.7 Å². The van der Waals surface area contributed by atoms with Crippen LogP contribution in [-0.4, -0.2) is 147 Å². The summed E-state index contributed by atoms with van der Waals surface area (Å²) >= 11 is 0. The molecule has 2 fully saturated rings. The second-order valence-corrected chi connectivity index (χ2v) is 24.3. The molecule has 17 heteroatoms. The minimum Gasteiger partial charge on any atom is -0.464 e. The molecule has 428 valence electrons. The number of aliphatic hydroxyl groups is 2. The summed E-state index contributed by atoms with van der Waals surface area (Å²) in [6.07, 6.45) is 2.22. The van der Waals surface area contributed by atoms with Crippen molar-refractivity contribution in [2.24, 2.45) is 0 Å². The lowest BCUT2D eigenvalue weighted by Crippen LogP contribution is -2.46. The summed E-state index contributed by atoms with van der Waals surface area (Å²) in [7, 11) is 0. The van der Waals surface area contributed by atoms with E-state index in [0.717, 1.165) is 121 Å².